The largest absolute Gasteiger partial charge is 0.508 e. The predicted octanol–water partition coefficient (Wildman–Crippen LogP) is 11.7. The van der Waals surface area contributed by atoms with Crippen LogP contribution in [-0.4, -0.2) is 23.4 Å². The number of phenolic OH excluding ortho intramolecular Hbond substituents is 2. The van der Waals surface area contributed by atoms with Crippen LogP contribution in [0.2, 0.25) is 0 Å². The predicted molar refractivity (Wildman–Crippen MR) is 226 cm³/mol. The Morgan fingerprint density at radius 3 is 0.877 bits per heavy atom. The van der Waals surface area contributed by atoms with E-state index >= 15 is 0 Å². The normalized spacial score (nSPS) is 13.9. The molecule has 8 aromatic carbocycles. The van der Waals surface area contributed by atoms with E-state index in [-0.39, 0.29) is 11.5 Å². The van der Waals surface area contributed by atoms with Gasteiger partial charge in [-0.3, -0.25) is 0 Å². The zero-order chi connectivity index (χ0) is 38.4. The lowest BCUT2D eigenvalue weighted by molar-refractivity contribution is 0.247. The van der Waals surface area contributed by atoms with E-state index in [1.54, 1.807) is 24.3 Å². The molecule has 0 unspecified atom stereocenters. The Labute approximate surface area is 332 Å². The van der Waals surface area contributed by atoms with Gasteiger partial charge in [0.05, 0.1) is 24.0 Å². The van der Waals surface area contributed by atoms with Crippen molar-refractivity contribution >= 4 is 0 Å². The molecule has 0 spiro atoms. The molecule has 2 N–H and O–H groups in total. The summed E-state index contributed by atoms with van der Waals surface area (Å²) in [4.78, 5) is 0. The highest BCUT2D eigenvalue weighted by Gasteiger charge is 2.47. The van der Waals surface area contributed by atoms with Crippen LogP contribution in [0.25, 0.3) is 22.3 Å². The molecular weight excluding hydrogens is 701 g/mol. The average Bonchev–Trinajstić information content (AvgIpc) is 3.74. The van der Waals surface area contributed by atoms with Crippen molar-refractivity contribution in [2.75, 3.05) is 13.2 Å². The molecule has 0 bridgehead atoms. The van der Waals surface area contributed by atoms with Gasteiger partial charge in [0.15, 0.2) is 0 Å². The van der Waals surface area contributed by atoms with Crippen LogP contribution in [0.15, 0.2) is 194 Å². The van der Waals surface area contributed by atoms with Gasteiger partial charge in [0.25, 0.3) is 0 Å². The van der Waals surface area contributed by atoms with Gasteiger partial charge in [-0.25, -0.2) is 0 Å². The molecule has 10 rings (SSSR count). The molecule has 8 aromatic rings. The molecule has 0 aliphatic heterocycles. The van der Waals surface area contributed by atoms with Crippen LogP contribution in [0.1, 0.15) is 50.9 Å². The first-order valence-corrected chi connectivity index (χ1v) is 19.5. The Morgan fingerprint density at radius 2 is 0.579 bits per heavy atom. The number of ether oxygens (including phenoxy) is 2. The first kappa shape index (κ1) is 34.5. The lowest BCUT2D eigenvalue weighted by atomic mass is 9.68. The summed E-state index contributed by atoms with van der Waals surface area (Å²) in [7, 11) is 0. The van der Waals surface area contributed by atoms with Gasteiger partial charge in [-0.15, -0.1) is 0 Å². The number of rotatable bonds is 10. The van der Waals surface area contributed by atoms with Gasteiger partial charge in [-0.05, 0) is 115 Å². The third-order valence-electron chi connectivity index (χ3n) is 11.9. The molecule has 0 heterocycles. The lowest BCUT2D eigenvalue weighted by Gasteiger charge is -2.34. The lowest BCUT2D eigenvalue weighted by Crippen LogP contribution is -2.28. The Morgan fingerprint density at radius 1 is 0.316 bits per heavy atom. The van der Waals surface area contributed by atoms with Crippen molar-refractivity contribution in [3.05, 3.63) is 239 Å². The highest BCUT2D eigenvalue weighted by molar-refractivity contribution is 5.87. The van der Waals surface area contributed by atoms with Crippen LogP contribution in [0.5, 0.6) is 23.0 Å². The van der Waals surface area contributed by atoms with Crippen molar-refractivity contribution in [2.24, 2.45) is 0 Å². The summed E-state index contributed by atoms with van der Waals surface area (Å²) < 4.78 is 12.5. The third-order valence-corrected chi connectivity index (χ3v) is 11.9. The second-order valence-corrected chi connectivity index (χ2v) is 14.9. The summed E-state index contributed by atoms with van der Waals surface area (Å²) in [6.07, 6.45) is 0.722. The van der Waals surface area contributed by atoms with Crippen LogP contribution in [0.3, 0.4) is 0 Å². The van der Waals surface area contributed by atoms with Gasteiger partial charge in [0.2, 0.25) is 0 Å². The number of hydrogen-bond donors (Lipinski definition) is 2. The topological polar surface area (TPSA) is 58.9 Å². The minimum Gasteiger partial charge on any atom is -0.508 e. The Kier molecular flexibility index (Phi) is 8.41. The van der Waals surface area contributed by atoms with Gasteiger partial charge in [0.1, 0.15) is 23.0 Å². The van der Waals surface area contributed by atoms with E-state index in [0.717, 1.165) is 40.2 Å². The van der Waals surface area contributed by atoms with Crippen LogP contribution in [-0.2, 0) is 10.8 Å². The zero-order valence-electron chi connectivity index (χ0n) is 31.3. The number of benzene rings is 8. The maximum absolute atomic E-state index is 10.2. The van der Waals surface area contributed by atoms with Crippen molar-refractivity contribution in [1.82, 2.24) is 0 Å². The van der Waals surface area contributed by atoms with Crippen molar-refractivity contribution < 1.29 is 19.7 Å². The number of aromatic hydroxyl groups is 2. The maximum Gasteiger partial charge on any atom is 0.119 e. The van der Waals surface area contributed by atoms with Crippen molar-refractivity contribution in [1.29, 1.82) is 0 Å². The fourth-order valence-corrected chi connectivity index (χ4v) is 9.51. The molecule has 4 heteroatoms. The highest BCUT2D eigenvalue weighted by atomic mass is 16.5. The first-order chi connectivity index (χ1) is 28.1. The maximum atomic E-state index is 10.2. The van der Waals surface area contributed by atoms with Crippen molar-refractivity contribution in [3.8, 4) is 45.3 Å². The molecule has 2 aliphatic rings. The monoisotopic (exact) mass is 740 g/mol. The van der Waals surface area contributed by atoms with E-state index < -0.39 is 10.8 Å². The summed E-state index contributed by atoms with van der Waals surface area (Å²) in [6.45, 7) is 1.04. The zero-order valence-corrected chi connectivity index (χ0v) is 31.3. The molecule has 0 aromatic heterocycles. The van der Waals surface area contributed by atoms with E-state index in [1.165, 1.54) is 44.5 Å². The fraction of sp³-hybridized carbons (Fsp3) is 0.0943. The number of phenols is 2. The number of hydrogen-bond acceptors (Lipinski definition) is 4. The van der Waals surface area contributed by atoms with E-state index in [0.29, 0.717) is 13.2 Å². The van der Waals surface area contributed by atoms with Gasteiger partial charge in [0, 0.05) is 6.42 Å². The molecule has 57 heavy (non-hydrogen) atoms. The van der Waals surface area contributed by atoms with Gasteiger partial charge in [-0.1, -0.05) is 146 Å². The molecule has 0 saturated carbocycles. The third kappa shape index (κ3) is 5.43. The molecule has 4 nitrogen and oxygen atoms in total. The second kappa shape index (κ2) is 13.9. The molecule has 276 valence electrons. The molecule has 0 amide bonds. The van der Waals surface area contributed by atoms with E-state index in [2.05, 4.69) is 146 Å². The van der Waals surface area contributed by atoms with Gasteiger partial charge < -0.3 is 19.7 Å². The summed E-state index contributed by atoms with van der Waals surface area (Å²) in [5, 5.41) is 20.4. The summed E-state index contributed by atoms with van der Waals surface area (Å²) >= 11 is 0. The highest BCUT2D eigenvalue weighted by Crippen LogP contribution is 2.57. The van der Waals surface area contributed by atoms with E-state index in [4.69, 9.17) is 9.47 Å². The SMILES string of the molecule is Oc1ccc(C2(c3ccc(OCCCOc4ccc(C5(c6ccc(O)cc6)c6ccccc6-c6ccccc65)cc4)cc3)c3ccccc3-c3ccccc32)cc1. The fourth-order valence-electron chi connectivity index (χ4n) is 9.51. The van der Waals surface area contributed by atoms with Crippen LogP contribution < -0.4 is 9.47 Å². The smallest absolute Gasteiger partial charge is 0.119 e. The first-order valence-electron chi connectivity index (χ1n) is 19.5. The molecule has 2 aliphatic carbocycles. The van der Waals surface area contributed by atoms with E-state index in [9.17, 15) is 10.2 Å². The van der Waals surface area contributed by atoms with Crippen LogP contribution >= 0.6 is 0 Å². The average molecular weight is 741 g/mol. The summed E-state index contributed by atoms with van der Waals surface area (Å²) in [5.41, 5.74) is 13.2. The number of fused-ring (bicyclic) bond motifs is 6. The van der Waals surface area contributed by atoms with Gasteiger partial charge in [-0.2, -0.15) is 0 Å². The van der Waals surface area contributed by atoms with Crippen molar-refractivity contribution in [3.63, 3.8) is 0 Å². The quantitative estimate of drug-likeness (QED) is 0.137. The van der Waals surface area contributed by atoms with Crippen LogP contribution in [0, 0.1) is 0 Å². The second-order valence-electron chi connectivity index (χ2n) is 14.9. The standard InChI is InChI=1S/C53H40O4/c54-40-26-18-36(19-27-40)52(48-14-5-1-10-44(48)45-11-2-6-15-49(45)52)38-22-30-42(31-23-38)56-34-9-35-57-43-32-24-39(25-33-43)53(37-20-28-41(55)29-21-37)50-16-7-3-12-46(50)47-13-4-8-17-51(47)53/h1-8,10-33,54-55H,9,34-35H2. The molecule has 0 atom stereocenters. The summed E-state index contributed by atoms with van der Waals surface area (Å²) in [5.74, 6) is 2.11. The van der Waals surface area contributed by atoms with Gasteiger partial charge >= 0.3 is 0 Å². The Hall–Kier alpha value is -7.04. The summed E-state index contributed by atoms with van der Waals surface area (Å²) in [6, 6.07) is 66.7. The molecule has 0 radical (unpaired) electrons. The molecule has 0 fully saturated rings. The Balaban J connectivity index is 0.856. The van der Waals surface area contributed by atoms with E-state index in [1.807, 2.05) is 24.3 Å². The van der Waals surface area contributed by atoms with Crippen LogP contribution in [0.4, 0.5) is 0 Å². The Bertz CT molecular complexity index is 2430. The molecular formula is C53H40O4. The van der Waals surface area contributed by atoms with Crippen molar-refractivity contribution in [2.45, 2.75) is 17.3 Å². The minimum atomic E-state index is -0.531. The minimum absolute atomic E-state index is 0.249. The molecule has 0 saturated heterocycles.